The Balaban J connectivity index is 2.84. The molecule has 0 amide bonds. The van der Waals surface area contributed by atoms with Gasteiger partial charge in [0, 0.05) is 0 Å². The average Bonchev–Trinajstić information content (AvgIpc) is 2.35. The van der Waals surface area contributed by atoms with E-state index < -0.39 is 5.97 Å². The molecule has 0 radical (unpaired) electrons. The number of hydrogen-bond donors (Lipinski definition) is 1. The third kappa shape index (κ3) is 3.59. The van der Waals surface area contributed by atoms with Gasteiger partial charge in [0.2, 0.25) is 0 Å². The van der Waals surface area contributed by atoms with Crippen molar-refractivity contribution in [3.63, 3.8) is 0 Å². The fourth-order valence-electron chi connectivity index (χ4n) is 1.72. The molecule has 0 aliphatic heterocycles. The highest BCUT2D eigenvalue weighted by Crippen LogP contribution is 2.23. The summed E-state index contributed by atoms with van der Waals surface area (Å²) in [5, 5.41) is 8.78. The van der Waals surface area contributed by atoms with Crippen LogP contribution in [0.4, 0.5) is 0 Å². The molecule has 0 spiro atoms. The molecule has 0 aliphatic carbocycles. The van der Waals surface area contributed by atoms with Crippen molar-refractivity contribution in [1.29, 1.82) is 0 Å². The molecule has 0 fully saturated rings. The lowest BCUT2D eigenvalue weighted by atomic mass is 9.92. The van der Waals surface area contributed by atoms with E-state index in [0.29, 0.717) is 5.56 Å². The Hall–Kier alpha value is -1.84. The molecule has 0 aromatic heterocycles. The first kappa shape index (κ1) is 13.2. The maximum atomic E-state index is 11.2. The zero-order valence-electron chi connectivity index (χ0n) is 9.97. The van der Waals surface area contributed by atoms with Gasteiger partial charge in [-0.3, -0.25) is 4.79 Å². The van der Waals surface area contributed by atoms with Gasteiger partial charge in [0.1, 0.15) is 0 Å². The molecule has 4 heteroatoms. The molecule has 92 valence electrons. The second-order valence-electron chi connectivity index (χ2n) is 3.82. The first-order valence-electron chi connectivity index (χ1n) is 5.48. The number of methoxy groups -OCH3 is 1. The van der Waals surface area contributed by atoms with Gasteiger partial charge in [-0.25, -0.2) is 4.79 Å². The second-order valence-corrected chi connectivity index (χ2v) is 3.82. The van der Waals surface area contributed by atoms with E-state index in [2.05, 4.69) is 4.74 Å². The highest BCUT2D eigenvalue weighted by atomic mass is 16.5. The summed E-state index contributed by atoms with van der Waals surface area (Å²) in [6.45, 7) is 1.95. The summed E-state index contributed by atoms with van der Waals surface area (Å²) in [5.41, 5.74) is 1.41. The second kappa shape index (κ2) is 6.03. The largest absolute Gasteiger partial charge is 0.481 e. The molecule has 1 N–H and O–H groups in total. The lowest BCUT2D eigenvalue weighted by Crippen LogP contribution is -2.06. The van der Waals surface area contributed by atoms with E-state index in [-0.39, 0.29) is 18.3 Å². The Labute approximate surface area is 100 Å². The van der Waals surface area contributed by atoms with Crippen LogP contribution in [0.5, 0.6) is 0 Å². The summed E-state index contributed by atoms with van der Waals surface area (Å²) in [4.78, 5) is 21.9. The first-order valence-corrected chi connectivity index (χ1v) is 5.48. The van der Waals surface area contributed by atoms with Gasteiger partial charge in [-0.15, -0.1) is 0 Å². The van der Waals surface area contributed by atoms with E-state index in [1.165, 1.54) is 7.11 Å². The molecule has 1 aromatic carbocycles. The molecule has 17 heavy (non-hydrogen) atoms. The SMILES string of the molecule is CC[C@H](CC(=O)O)c1ccc(C(=O)OC)cc1. The topological polar surface area (TPSA) is 63.6 Å². The number of benzene rings is 1. The zero-order chi connectivity index (χ0) is 12.8. The normalized spacial score (nSPS) is 11.9. The first-order chi connectivity index (χ1) is 8.08. The maximum absolute atomic E-state index is 11.2. The van der Waals surface area contributed by atoms with E-state index in [1.807, 2.05) is 6.92 Å². The van der Waals surface area contributed by atoms with Crippen molar-refractivity contribution in [1.82, 2.24) is 0 Å². The van der Waals surface area contributed by atoms with Crippen molar-refractivity contribution in [3.05, 3.63) is 35.4 Å². The van der Waals surface area contributed by atoms with Gasteiger partial charge in [-0.1, -0.05) is 19.1 Å². The molecule has 1 aromatic rings. The van der Waals surface area contributed by atoms with Crippen LogP contribution >= 0.6 is 0 Å². The minimum atomic E-state index is -0.811. The quantitative estimate of drug-likeness (QED) is 0.797. The number of esters is 1. The number of carbonyl (C=O) groups excluding carboxylic acids is 1. The number of hydrogen-bond acceptors (Lipinski definition) is 3. The Bertz CT molecular complexity index is 394. The van der Waals surface area contributed by atoms with E-state index in [9.17, 15) is 9.59 Å². The van der Waals surface area contributed by atoms with Crippen LogP contribution in [-0.4, -0.2) is 24.2 Å². The van der Waals surface area contributed by atoms with Crippen molar-refractivity contribution >= 4 is 11.9 Å². The van der Waals surface area contributed by atoms with Gasteiger partial charge in [0.25, 0.3) is 0 Å². The minimum absolute atomic E-state index is 0.0146. The highest BCUT2D eigenvalue weighted by Gasteiger charge is 2.14. The molecular weight excluding hydrogens is 220 g/mol. The van der Waals surface area contributed by atoms with Crippen LogP contribution in [-0.2, 0) is 9.53 Å². The predicted molar refractivity (Wildman–Crippen MR) is 63.1 cm³/mol. The molecule has 0 saturated heterocycles. The van der Waals surface area contributed by atoms with Crippen LogP contribution in [0.2, 0.25) is 0 Å². The van der Waals surface area contributed by atoms with Gasteiger partial charge < -0.3 is 9.84 Å². The predicted octanol–water partition coefficient (Wildman–Crippen LogP) is 2.44. The standard InChI is InChI=1S/C13H16O4/c1-3-9(8-12(14)15)10-4-6-11(7-5-10)13(16)17-2/h4-7,9H,3,8H2,1-2H3,(H,14,15)/t9-/m1/s1. The summed E-state index contributed by atoms with van der Waals surface area (Å²) in [6.07, 6.45) is 0.859. The Morgan fingerprint density at radius 3 is 2.29 bits per heavy atom. The van der Waals surface area contributed by atoms with E-state index in [0.717, 1.165) is 12.0 Å². The molecule has 1 atom stereocenters. The van der Waals surface area contributed by atoms with Gasteiger partial charge in [-0.2, -0.15) is 0 Å². The van der Waals surface area contributed by atoms with Crippen molar-refractivity contribution in [2.24, 2.45) is 0 Å². The van der Waals surface area contributed by atoms with Gasteiger partial charge in [0.15, 0.2) is 0 Å². The molecule has 4 nitrogen and oxygen atoms in total. The van der Waals surface area contributed by atoms with E-state index in [1.54, 1.807) is 24.3 Å². The van der Waals surface area contributed by atoms with E-state index >= 15 is 0 Å². The molecular formula is C13H16O4. The average molecular weight is 236 g/mol. The van der Waals surface area contributed by atoms with Gasteiger partial charge >= 0.3 is 11.9 Å². The molecule has 0 bridgehead atoms. The molecule has 0 heterocycles. The van der Waals surface area contributed by atoms with Crippen LogP contribution < -0.4 is 0 Å². The maximum Gasteiger partial charge on any atom is 0.337 e. The lowest BCUT2D eigenvalue weighted by Gasteiger charge is -2.12. The van der Waals surface area contributed by atoms with Crippen molar-refractivity contribution in [2.45, 2.75) is 25.7 Å². The van der Waals surface area contributed by atoms with Crippen molar-refractivity contribution in [3.8, 4) is 0 Å². The van der Waals surface area contributed by atoms with Crippen molar-refractivity contribution in [2.75, 3.05) is 7.11 Å². The zero-order valence-corrected chi connectivity index (χ0v) is 9.97. The molecule has 1 rings (SSSR count). The van der Waals surface area contributed by atoms with Crippen LogP contribution in [0, 0.1) is 0 Å². The number of ether oxygens (including phenoxy) is 1. The van der Waals surface area contributed by atoms with E-state index in [4.69, 9.17) is 5.11 Å². The summed E-state index contributed by atoms with van der Waals surface area (Å²) in [5.74, 6) is -1.21. The van der Waals surface area contributed by atoms with Crippen LogP contribution in [0.15, 0.2) is 24.3 Å². The fourth-order valence-corrected chi connectivity index (χ4v) is 1.72. The summed E-state index contributed by atoms with van der Waals surface area (Å²) >= 11 is 0. The van der Waals surface area contributed by atoms with Crippen LogP contribution in [0.3, 0.4) is 0 Å². The lowest BCUT2D eigenvalue weighted by molar-refractivity contribution is -0.137. The molecule has 0 unspecified atom stereocenters. The monoisotopic (exact) mass is 236 g/mol. The number of carboxylic acid groups (broad SMARTS) is 1. The third-order valence-electron chi connectivity index (χ3n) is 2.72. The van der Waals surface area contributed by atoms with Gasteiger partial charge in [-0.05, 0) is 30.0 Å². The highest BCUT2D eigenvalue weighted by molar-refractivity contribution is 5.89. The summed E-state index contributed by atoms with van der Waals surface area (Å²) in [6, 6.07) is 6.88. The number of carbonyl (C=O) groups is 2. The van der Waals surface area contributed by atoms with Gasteiger partial charge in [0.05, 0.1) is 19.1 Å². The van der Waals surface area contributed by atoms with Crippen LogP contribution in [0.1, 0.15) is 41.6 Å². The Kier molecular flexibility index (Phi) is 4.69. The Morgan fingerprint density at radius 1 is 1.29 bits per heavy atom. The number of carboxylic acids is 1. The number of rotatable bonds is 5. The molecule has 0 saturated carbocycles. The third-order valence-corrected chi connectivity index (χ3v) is 2.72. The summed E-state index contributed by atoms with van der Waals surface area (Å²) < 4.78 is 4.59. The molecule has 0 aliphatic rings. The minimum Gasteiger partial charge on any atom is -0.481 e. The smallest absolute Gasteiger partial charge is 0.337 e. The van der Waals surface area contributed by atoms with Crippen LogP contribution in [0.25, 0.3) is 0 Å². The Morgan fingerprint density at radius 2 is 1.88 bits per heavy atom. The summed E-state index contributed by atoms with van der Waals surface area (Å²) in [7, 11) is 1.33. The number of aliphatic carboxylic acids is 1. The van der Waals surface area contributed by atoms with Crippen molar-refractivity contribution < 1.29 is 19.4 Å². The fraction of sp³-hybridized carbons (Fsp3) is 0.385.